The van der Waals surface area contributed by atoms with Crippen LogP contribution in [0.4, 0.5) is 11.4 Å². The van der Waals surface area contributed by atoms with Crippen molar-refractivity contribution in [2.45, 2.75) is 13.5 Å². The number of nitro benzene ring substituents is 1. The van der Waals surface area contributed by atoms with Gasteiger partial charge in [0.15, 0.2) is 0 Å². The van der Waals surface area contributed by atoms with Crippen LogP contribution in [0.25, 0.3) is 5.32 Å². The molecular weight excluding hydrogens is 754 g/mol. The molecule has 0 aliphatic carbocycles. The Morgan fingerprint density at radius 3 is 2.40 bits per heavy atom. The number of hydrogen-bond donors (Lipinski definition) is 1. The van der Waals surface area contributed by atoms with Crippen LogP contribution in [0.5, 0.6) is 5.75 Å². The molecule has 7 nitrogen and oxygen atoms in total. The third-order valence-electron chi connectivity index (χ3n) is 3.07. The van der Waals surface area contributed by atoms with E-state index in [-0.39, 0.29) is 112 Å². The van der Waals surface area contributed by atoms with Crippen LogP contribution >= 0.6 is 0 Å². The number of hydrogen-bond acceptors (Lipinski definition) is 5. The van der Waals surface area contributed by atoms with Crippen molar-refractivity contribution in [3.8, 4) is 5.75 Å². The fourth-order valence-corrected chi connectivity index (χ4v) is 1.90. The normalized spacial score (nSPS) is 9.32. The maximum atomic E-state index is 11.7. The average Bonchev–Trinajstić information content (AvgIpc) is 2.54. The van der Waals surface area contributed by atoms with E-state index in [9.17, 15) is 20.0 Å². The van der Waals surface area contributed by atoms with E-state index in [2.05, 4.69) is 5.32 Å². The summed E-state index contributed by atoms with van der Waals surface area (Å²) in [5.41, 5.74) is 1.37. The van der Waals surface area contributed by atoms with E-state index < -0.39 is 10.9 Å². The van der Waals surface area contributed by atoms with Gasteiger partial charge < -0.3 is 15.2 Å². The van der Waals surface area contributed by atoms with E-state index in [1.54, 1.807) is 25.1 Å². The van der Waals surface area contributed by atoms with Gasteiger partial charge in [-0.15, -0.1) is 12.2 Å². The molecule has 2 aromatic rings. The second kappa shape index (κ2) is 12.2. The molecule has 0 atom stereocenters. The van der Waals surface area contributed by atoms with Crippen molar-refractivity contribution in [1.29, 1.82) is 0 Å². The van der Waals surface area contributed by atoms with Crippen LogP contribution in [0.2, 0.25) is 0 Å². The van der Waals surface area contributed by atoms with Gasteiger partial charge in [0.25, 0.3) is 5.69 Å². The molecule has 0 bridgehead atoms. The first-order valence-electron chi connectivity index (χ1n) is 6.92. The minimum absolute atomic E-state index is 0. The first-order valence-corrected chi connectivity index (χ1v) is 6.92. The number of nitro groups is 1. The summed E-state index contributed by atoms with van der Waals surface area (Å²) in [5.74, 6) is -0.782. The molecule has 0 spiro atoms. The summed E-state index contributed by atoms with van der Waals surface area (Å²) >= 11 is 0. The summed E-state index contributed by atoms with van der Waals surface area (Å²) in [5, 5.41) is 24.6. The summed E-state index contributed by atoms with van der Waals surface area (Å²) in [6.45, 7) is 2.19. The summed E-state index contributed by atoms with van der Waals surface area (Å²) < 4.78 is 4.86. The number of esters is 1. The predicted molar refractivity (Wildman–Crippen MR) is 83.9 cm³/mol. The monoisotopic (exact) mass is 769 g/mol. The van der Waals surface area contributed by atoms with Gasteiger partial charge in [-0.1, -0.05) is 29.8 Å². The molecule has 0 saturated carbocycles. The second-order valence-electron chi connectivity index (χ2n) is 4.66. The number of aromatic hydroxyl groups is 1. The Kier molecular flexibility index (Phi) is 12.1. The van der Waals surface area contributed by atoms with Crippen LogP contribution < -0.4 is 0 Å². The van der Waals surface area contributed by atoms with Gasteiger partial charge in [-0.2, -0.15) is 0 Å². The van der Waals surface area contributed by atoms with Crippen LogP contribution in [0, 0.1) is 98.2 Å². The summed E-state index contributed by atoms with van der Waals surface area (Å²) in [4.78, 5) is 21.8. The van der Waals surface area contributed by atoms with Gasteiger partial charge in [0.2, 0.25) is 0 Å². The zero-order chi connectivity index (χ0) is 16.8. The molecule has 0 saturated heterocycles. The van der Waals surface area contributed by atoms with Gasteiger partial charge in [0.1, 0.15) is 11.3 Å². The standard InChI is InChI=1S/C16H15N2O5.2Ac/c1-2-23-16(20)14-9-12(5-8-15(14)19)17-10-11-3-6-13(7-4-11)18(21)22;;/h3-9H,2,10H2,1H3,(H,19,20);;/q-1;;. The molecule has 0 aliphatic heterocycles. The molecule has 2 radical (unpaired) electrons. The maximum absolute atomic E-state index is 11.7. The number of phenolic OH excluding ortho intramolecular Hbond substituents is 1. The zero-order valence-corrected chi connectivity index (χ0v) is 23.1. The zero-order valence-electron chi connectivity index (χ0n) is 13.6. The Bertz CT molecular complexity index is 723. The Hall–Kier alpha value is -0.207. The number of benzene rings is 2. The van der Waals surface area contributed by atoms with Crippen molar-refractivity contribution in [3.63, 3.8) is 0 Å². The first kappa shape index (κ1) is 24.8. The topological polar surface area (TPSA) is 104 Å². The molecule has 2 aromatic carbocycles. The number of non-ortho nitro benzene ring substituents is 1. The SMILES string of the molecule is CCOC(=O)c1cc([N-]Cc2ccc([N+](=O)[O-])cc2)ccc1O.[Ac].[Ac]. The van der Waals surface area contributed by atoms with Gasteiger partial charge in [0.05, 0.1) is 11.5 Å². The van der Waals surface area contributed by atoms with Gasteiger partial charge >= 0.3 is 5.97 Å². The fraction of sp³-hybridized carbons (Fsp3) is 0.188. The van der Waals surface area contributed by atoms with Crippen LogP contribution in [0.3, 0.4) is 0 Å². The molecule has 0 amide bonds. The Labute approximate surface area is 216 Å². The average molecular weight is 769 g/mol. The molecule has 2 rings (SSSR count). The molecule has 0 fully saturated rings. The largest absolute Gasteiger partial charge is 0.681 e. The Morgan fingerprint density at radius 1 is 1.20 bits per heavy atom. The molecule has 0 heterocycles. The van der Waals surface area contributed by atoms with Crippen molar-refractivity contribution in [2.24, 2.45) is 0 Å². The number of ether oxygens (including phenoxy) is 1. The van der Waals surface area contributed by atoms with Crippen molar-refractivity contribution < 1.29 is 108 Å². The number of carbonyl (C=O) groups is 1. The van der Waals surface area contributed by atoms with E-state index in [1.165, 1.54) is 24.3 Å². The van der Waals surface area contributed by atoms with Crippen molar-refractivity contribution >= 4 is 17.3 Å². The second-order valence-corrected chi connectivity index (χ2v) is 4.66. The number of carbonyl (C=O) groups excluding carboxylic acids is 1. The van der Waals surface area contributed by atoms with E-state index in [4.69, 9.17) is 4.74 Å². The van der Waals surface area contributed by atoms with Crippen molar-refractivity contribution in [2.75, 3.05) is 6.61 Å². The van der Waals surface area contributed by atoms with Gasteiger partial charge in [-0.3, -0.25) is 10.1 Å². The fourth-order valence-electron chi connectivity index (χ4n) is 1.90. The number of rotatable bonds is 6. The molecule has 0 aromatic heterocycles. The Morgan fingerprint density at radius 2 is 1.84 bits per heavy atom. The molecule has 1 N–H and O–H groups in total. The van der Waals surface area contributed by atoms with Crippen LogP contribution in [-0.2, 0) is 11.3 Å². The minimum Gasteiger partial charge on any atom is -0.681 e. The van der Waals surface area contributed by atoms with E-state index >= 15 is 0 Å². The summed E-state index contributed by atoms with van der Waals surface area (Å²) in [6.07, 6.45) is 0. The first-order chi connectivity index (χ1) is 11.0. The number of phenols is 1. The molecule has 0 unspecified atom stereocenters. The van der Waals surface area contributed by atoms with Gasteiger partial charge in [0, 0.05) is 100 Å². The van der Waals surface area contributed by atoms with Crippen molar-refractivity contribution in [1.82, 2.24) is 0 Å². The molecule has 25 heavy (non-hydrogen) atoms. The van der Waals surface area contributed by atoms with Gasteiger partial charge in [-0.25, -0.2) is 4.79 Å². The maximum Gasteiger partial charge on any atom is 0.341 e. The predicted octanol–water partition coefficient (Wildman–Crippen LogP) is 3.68. The van der Waals surface area contributed by atoms with E-state index in [1.807, 2.05) is 0 Å². The molecule has 126 valence electrons. The smallest absolute Gasteiger partial charge is 0.341 e. The molecular formula is C16H15Ac2N2O5-. The van der Waals surface area contributed by atoms with E-state index in [0.29, 0.717) is 12.2 Å². The van der Waals surface area contributed by atoms with Gasteiger partial charge in [-0.05, 0) is 13.0 Å². The van der Waals surface area contributed by atoms with Crippen molar-refractivity contribution in [3.05, 3.63) is 69.0 Å². The molecule has 9 heteroatoms. The quantitative estimate of drug-likeness (QED) is 0.275. The third-order valence-corrected chi connectivity index (χ3v) is 3.07. The number of nitrogens with zero attached hydrogens (tertiary/aromatic N) is 2. The minimum atomic E-state index is -0.614. The van der Waals surface area contributed by atoms with Crippen LogP contribution in [0.15, 0.2) is 42.5 Å². The van der Waals surface area contributed by atoms with Crippen LogP contribution in [-0.4, -0.2) is 22.6 Å². The summed E-state index contributed by atoms with van der Waals surface area (Å²) in [6, 6.07) is 10.4. The van der Waals surface area contributed by atoms with Crippen LogP contribution in [0.1, 0.15) is 22.8 Å². The molecule has 0 aliphatic rings. The Balaban J connectivity index is 0.00000288. The third kappa shape index (κ3) is 7.51. The summed E-state index contributed by atoms with van der Waals surface area (Å²) in [7, 11) is 0. The van der Waals surface area contributed by atoms with E-state index in [0.717, 1.165) is 5.56 Å².